The number of carbonyl (C=O) groups is 1. The van der Waals surface area contributed by atoms with Crippen LogP contribution < -0.4 is 5.32 Å². The molecule has 0 aromatic carbocycles. The van der Waals surface area contributed by atoms with E-state index in [-0.39, 0.29) is 6.04 Å². The van der Waals surface area contributed by atoms with Gasteiger partial charge >= 0.3 is 0 Å². The Balaban J connectivity index is 1.53. The molecule has 3 atom stereocenters. The fraction of sp³-hybridized carbons (Fsp3) is 0.941. The maximum absolute atomic E-state index is 12.8. The minimum absolute atomic E-state index is 0.0901. The summed E-state index contributed by atoms with van der Waals surface area (Å²) in [6, 6.07) is 1.15. The van der Waals surface area contributed by atoms with Crippen LogP contribution in [-0.4, -0.2) is 60.5 Å². The van der Waals surface area contributed by atoms with Gasteiger partial charge in [-0.1, -0.05) is 19.8 Å². The molecule has 2 saturated heterocycles. The Bertz CT molecular complexity index is 351. The predicted octanol–water partition coefficient (Wildman–Crippen LogP) is 1.85. The highest BCUT2D eigenvalue weighted by atomic mass is 16.2. The molecule has 4 nitrogen and oxygen atoms in total. The monoisotopic (exact) mass is 293 g/mol. The van der Waals surface area contributed by atoms with Crippen LogP contribution in [0.5, 0.6) is 0 Å². The molecular weight excluding hydrogens is 262 g/mol. The van der Waals surface area contributed by atoms with Crippen LogP contribution in [0.1, 0.15) is 51.9 Å². The molecule has 0 radical (unpaired) electrons. The Morgan fingerprint density at radius 1 is 1.19 bits per heavy atom. The maximum atomic E-state index is 12.8. The van der Waals surface area contributed by atoms with Crippen LogP contribution in [-0.2, 0) is 4.79 Å². The molecule has 0 bridgehead atoms. The van der Waals surface area contributed by atoms with E-state index in [9.17, 15) is 4.79 Å². The highest BCUT2D eigenvalue weighted by Crippen LogP contribution is 2.34. The summed E-state index contributed by atoms with van der Waals surface area (Å²) in [5.74, 6) is 1.10. The van der Waals surface area contributed by atoms with Gasteiger partial charge in [0.15, 0.2) is 0 Å². The van der Waals surface area contributed by atoms with Gasteiger partial charge in [-0.2, -0.15) is 0 Å². The first-order valence-corrected chi connectivity index (χ1v) is 8.94. The number of likely N-dealkylation sites (tertiary alicyclic amines) is 1. The fourth-order valence-electron chi connectivity index (χ4n) is 4.56. The summed E-state index contributed by atoms with van der Waals surface area (Å²) in [5.41, 5.74) is 0. The van der Waals surface area contributed by atoms with Crippen molar-refractivity contribution in [2.24, 2.45) is 5.92 Å². The van der Waals surface area contributed by atoms with E-state index in [0.29, 0.717) is 18.0 Å². The van der Waals surface area contributed by atoms with Crippen molar-refractivity contribution in [2.45, 2.75) is 70.0 Å². The third kappa shape index (κ3) is 3.26. The van der Waals surface area contributed by atoms with Gasteiger partial charge in [-0.25, -0.2) is 0 Å². The topological polar surface area (TPSA) is 35.6 Å². The number of hydrogen-bond donors (Lipinski definition) is 1. The highest BCUT2D eigenvalue weighted by Gasteiger charge is 2.40. The van der Waals surface area contributed by atoms with Crippen LogP contribution in [0.25, 0.3) is 0 Å². The molecule has 3 fully saturated rings. The van der Waals surface area contributed by atoms with Crippen LogP contribution >= 0.6 is 0 Å². The van der Waals surface area contributed by atoms with E-state index < -0.39 is 0 Å². The molecule has 2 heterocycles. The van der Waals surface area contributed by atoms with Crippen molar-refractivity contribution in [3.05, 3.63) is 0 Å². The Morgan fingerprint density at radius 3 is 2.57 bits per heavy atom. The summed E-state index contributed by atoms with van der Waals surface area (Å²) in [7, 11) is 2.03. The second kappa shape index (κ2) is 6.66. The molecule has 1 saturated carbocycles. The summed E-state index contributed by atoms with van der Waals surface area (Å²) in [5, 5.41) is 3.63. The largest absolute Gasteiger partial charge is 0.341 e. The summed E-state index contributed by atoms with van der Waals surface area (Å²) >= 11 is 0. The van der Waals surface area contributed by atoms with Gasteiger partial charge in [0.2, 0.25) is 5.91 Å². The zero-order valence-corrected chi connectivity index (χ0v) is 13.7. The minimum atomic E-state index is 0.0901. The first-order valence-electron chi connectivity index (χ1n) is 8.94. The van der Waals surface area contributed by atoms with Crippen molar-refractivity contribution in [1.29, 1.82) is 0 Å². The second-order valence-electron chi connectivity index (χ2n) is 7.22. The zero-order valence-electron chi connectivity index (χ0n) is 13.7. The average Bonchev–Trinajstić information content (AvgIpc) is 2.97. The zero-order chi connectivity index (χ0) is 14.8. The summed E-state index contributed by atoms with van der Waals surface area (Å²) in [6.45, 7) is 5.64. The van der Waals surface area contributed by atoms with Crippen molar-refractivity contribution in [1.82, 2.24) is 15.1 Å². The average molecular weight is 293 g/mol. The van der Waals surface area contributed by atoms with Crippen molar-refractivity contribution in [2.75, 3.05) is 26.7 Å². The molecule has 0 spiro atoms. The van der Waals surface area contributed by atoms with Crippen LogP contribution in [0.3, 0.4) is 0 Å². The van der Waals surface area contributed by atoms with Gasteiger partial charge in [-0.3, -0.25) is 4.79 Å². The van der Waals surface area contributed by atoms with E-state index in [1.54, 1.807) is 0 Å². The number of piperidine rings is 1. The lowest BCUT2D eigenvalue weighted by molar-refractivity contribution is -0.134. The van der Waals surface area contributed by atoms with Gasteiger partial charge in [-0.15, -0.1) is 0 Å². The number of nitrogens with zero attached hydrogens (tertiary/aromatic N) is 2. The van der Waals surface area contributed by atoms with Crippen LogP contribution in [0, 0.1) is 5.92 Å². The minimum Gasteiger partial charge on any atom is -0.341 e. The van der Waals surface area contributed by atoms with Gasteiger partial charge in [0.05, 0.1) is 6.04 Å². The smallest absolute Gasteiger partial charge is 0.239 e. The number of nitrogens with one attached hydrogen (secondary N) is 1. The number of hydrogen-bond acceptors (Lipinski definition) is 3. The first kappa shape index (κ1) is 15.3. The SMILES string of the molecule is CCN1CCC(N(C)C(=O)[C@@H]2C[C@H]3CCCC[C@@H]3N2)CC1. The normalized spacial score (nSPS) is 34.7. The maximum Gasteiger partial charge on any atom is 0.239 e. The molecule has 0 aromatic heterocycles. The molecule has 0 unspecified atom stereocenters. The number of amides is 1. The van der Waals surface area contributed by atoms with Gasteiger partial charge in [0.25, 0.3) is 0 Å². The molecule has 1 amide bonds. The molecule has 1 N–H and O–H groups in total. The van der Waals surface area contributed by atoms with Crippen molar-refractivity contribution >= 4 is 5.91 Å². The Kier molecular flexibility index (Phi) is 4.85. The van der Waals surface area contributed by atoms with E-state index >= 15 is 0 Å². The van der Waals surface area contributed by atoms with Crippen molar-refractivity contribution < 1.29 is 4.79 Å². The molecule has 1 aliphatic carbocycles. The Morgan fingerprint density at radius 2 is 1.90 bits per heavy atom. The van der Waals surface area contributed by atoms with Gasteiger partial charge in [-0.05, 0) is 44.6 Å². The number of rotatable bonds is 3. The van der Waals surface area contributed by atoms with Crippen LogP contribution in [0.2, 0.25) is 0 Å². The predicted molar refractivity (Wildman–Crippen MR) is 85.2 cm³/mol. The van der Waals surface area contributed by atoms with E-state index in [4.69, 9.17) is 0 Å². The van der Waals surface area contributed by atoms with E-state index in [1.807, 2.05) is 7.05 Å². The standard InChI is InChI=1S/C17H31N3O/c1-3-20-10-8-14(9-11-20)19(2)17(21)16-12-13-6-4-5-7-15(13)18-16/h13-16,18H,3-12H2,1-2H3/t13-,15+,16+/m1/s1. The molecule has 4 heteroatoms. The van der Waals surface area contributed by atoms with E-state index in [0.717, 1.165) is 44.8 Å². The van der Waals surface area contributed by atoms with Gasteiger partial charge in [0.1, 0.15) is 0 Å². The summed E-state index contributed by atoms with van der Waals surface area (Å²) < 4.78 is 0. The lowest BCUT2D eigenvalue weighted by Crippen LogP contribution is -2.51. The van der Waals surface area contributed by atoms with Crippen molar-refractivity contribution in [3.8, 4) is 0 Å². The molecule has 0 aromatic rings. The first-order chi connectivity index (χ1) is 10.2. The van der Waals surface area contributed by atoms with E-state index in [1.165, 1.54) is 25.7 Å². The Hall–Kier alpha value is -0.610. The molecule has 3 aliphatic rings. The highest BCUT2D eigenvalue weighted by molar-refractivity contribution is 5.82. The molecule has 2 aliphatic heterocycles. The summed E-state index contributed by atoms with van der Waals surface area (Å²) in [6.07, 6.45) is 8.62. The lowest BCUT2D eigenvalue weighted by Gasteiger charge is -2.37. The number of carbonyl (C=O) groups excluding carboxylic acids is 1. The molecule has 21 heavy (non-hydrogen) atoms. The third-order valence-electron chi connectivity index (χ3n) is 6.06. The molecular formula is C17H31N3O. The van der Waals surface area contributed by atoms with Gasteiger partial charge < -0.3 is 15.1 Å². The number of likely N-dealkylation sites (N-methyl/N-ethyl adjacent to an activating group) is 1. The number of fused-ring (bicyclic) bond motifs is 1. The lowest BCUT2D eigenvalue weighted by atomic mass is 9.85. The fourth-order valence-corrected chi connectivity index (χ4v) is 4.56. The quantitative estimate of drug-likeness (QED) is 0.862. The third-order valence-corrected chi connectivity index (χ3v) is 6.06. The van der Waals surface area contributed by atoms with Crippen LogP contribution in [0.4, 0.5) is 0 Å². The van der Waals surface area contributed by atoms with E-state index in [2.05, 4.69) is 22.0 Å². The van der Waals surface area contributed by atoms with Crippen molar-refractivity contribution in [3.63, 3.8) is 0 Å². The molecule has 3 rings (SSSR count). The van der Waals surface area contributed by atoms with Gasteiger partial charge in [0, 0.05) is 32.2 Å². The molecule has 120 valence electrons. The van der Waals surface area contributed by atoms with Crippen LogP contribution in [0.15, 0.2) is 0 Å². The second-order valence-corrected chi connectivity index (χ2v) is 7.22. The Labute approximate surface area is 129 Å². The summed E-state index contributed by atoms with van der Waals surface area (Å²) in [4.78, 5) is 17.3.